The summed E-state index contributed by atoms with van der Waals surface area (Å²) in [5, 5.41) is 0. The Kier molecular flexibility index (Phi) is 5.41. The van der Waals surface area contributed by atoms with Gasteiger partial charge in [0, 0.05) is 0 Å². The zero-order chi connectivity index (χ0) is 10.9. The molecule has 80 valence electrons. The minimum Gasteiger partial charge on any atom is -0.376 e. The molecule has 0 bridgehead atoms. The molecule has 0 aliphatic rings. The average Bonchev–Trinajstić information content (AvgIpc) is 2.29. The molecule has 0 aliphatic heterocycles. The highest BCUT2D eigenvalue weighted by Crippen LogP contribution is 2.01. The fraction of sp³-hybridized carbons (Fsp3) is 0.308. The Morgan fingerprint density at radius 2 is 2.07 bits per heavy atom. The smallest absolute Gasteiger partial charge is 0.145 e. The highest BCUT2D eigenvalue weighted by atomic mass is 16.5. The normalized spacial score (nSPS) is 11.4. The Labute approximate surface area is 90.6 Å². The van der Waals surface area contributed by atoms with E-state index in [9.17, 15) is 4.79 Å². The van der Waals surface area contributed by atoms with Gasteiger partial charge in [0.15, 0.2) is 0 Å². The highest BCUT2D eigenvalue weighted by molar-refractivity contribution is 5.71. The van der Waals surface area contributed by atoms with E-state index in [4.69, 9.17) is 4.74 Å². The number of ether oxygens (including phenoxy) is 1. The molecule has 0 aromatic heterocycles. The molecule has 15 heavy (non-hydrogen) atoms. The molecule has 1 rings (SSSR count). The number of carbonyl (C=O) groups is 1. The lowest BCUT2D eigenvalue weighted by molar-refractivity contribution is -0.104. The van der Waals surface area contributed by atoms with Crippen molar-refractivity contribution in [2.75, 3.05) is 6.61 Å². The summed E-state index contributed by atoms with van der Waals surface area (Å²) in [5.74, 6) is 0. The van der Waals surface area contributed by atoms with Gasteiger partial charge in [-0.3, -0.25) is 4.79 Å². The summed E-state index contributed by atoms with van der Waals surface area (Å²) >= 11 is 0. The monoisotopic (exact) mass is 204 g/mol. The van der Waals surface area contributed by atoms with Crippen molar-refractivity contribution in [3.05, 3.63) is 47.5 Å². The quantitative estimate of drug-likeness (QED) is 0.404. The van der Waals surface area contributed by atoms with Gasteiger partial charge in [0.25, 0.3) is 0 Å². The van der Waals surface area contributed by atoms with Crippen molar-refractivity contribution in [3.8, 4) is 0 Å². The third-order valence-corrected chi connectivity index (χ3v) is 2.03. The van der Waals surface area contributed by atoms with Gasteiger partial charge >= 0.3 is 0 Å². The maximum absolute atomic E-state index is 10.3. The summed E-state index contributed by atoms with van der Waals surface area (Å²) in [6.07, 6.45) is 3.53. The molecule has 2 nitrogen and oxygen atoms in total. The van der Waals surface area contributed by atoms with Gasteiger partial charge in [-0.2, -0.15) is 0 Å². The van der Waals surface area contributed by atoms with Gasteiger partial charge in [-0.05, 0) is 24.5 Å². The largest absolute Gasteiger partial charge is 0.376 e. The fourth-order valence-electron chi connectivity index (χ4n) is 1.18. The molecule has 0 amide bonds. The minimum absolute atomic E-state index is 0.634. The Morgan fingerprint density at radius 1 is 1.33 bits per heavy atom. The number of benzene rings is 1. The maximum atomic E-state index is 10.3. The number of rotatable bonds is 6. The number of aldehydes is 1. The first-order valence-corrected chi connectivity index (χ1v) is 5.06. The van der Waals surface area contributed by atoms with Gasteiger partial charge in [-0.25, -0.2) is 0 Å². The van der Waals surface area contributed by atoms with E-state index in [0.717, 1.165) is 18.3 Å². The van der Waals surface area contributed by atoms with Gasteiger partial charge in [0.05, 0.1) is 13.2 Å². The minimum atomic E-state index is 0.634. The molecule has 0 N–H and O–H groups in total. The molecule has 0 unspecified atom stereocenters. The molecule has 0 saturated carbocycles. The van der Waals surface area contributed by atoms with E-state index in [2.05, 4.69) is 0 Å². The summed E-state index contributed by atoms with van der Waals surface area (Å²) < 4.78 is 5.45. The predicted octanol–water partition coefficient (Wildman–Crippen LogP) is 2.74. The Bertz CT molecular complexity index is 315. The van der Waals surface area contributed by atoms with Crippen LogP contribution in [0.4, 0.5) is 0 Å². The van der Waals surface area contributed by atoms with E-state index in [0.29, 0.717) is 13.2 Å². The Hall–Kier alpha value is -1.41. The lowest BCUT2D eigenvalue weighted by Gasteiger charge is -2.02. The van der Waals surface area contributed by atoms with Crippen LogP contribution in [-0.2, 0) is 16.1 Å². The molecule has 1 aromatic carbocycles. The summed E-state index contributed by atoms with van der Waals surface area (Å²) in [6, 6.07) is 10.0. The van der Waals surface area contributed by atoms with E-state index < -0.39 is 0 Å². The van der Waals surface area contributed by atoms with Crippen molar-refractivity contribution >= 4 is 6.29 Å². The van der Waals surface area contributed by atoms with Gasteiger partial charge < -0.3 is 4.74 Å². The SMILES string of the molecule is C/C(C=O)=C\CCOCc1ccccc1. The van der Waals surface area contributed by atoms with Gasteiger partial charge in [-0.1, -0.05) is 36.4 Å². The third-order valence-electron chi connectivity index (χ3n) is 2.03. The van der Waals surface area contributed by atoms with Crippen LogP contribution >= 0.6 is 0 Å². The summed E-state index contributed by atoms with van der Waals surface area (Å²) in [4.78, 5) is 10.3. The first-order chi connectivity index (χ1) is 7.33. The van der Waals surface area contributed by atoms with Crippen molar-refractivity contribution in [1.82, 2.24) is 0 Å². The number of hydrogen-bond donors (Lipinski definition) is 0. The average molecular weight is 204 g/mol. The van der Waals surface area contributed by atoms with Crippen LogP contribution in [0.5, 0.6) is 0 Å². The highest BCUT2D eigenvalue weighted by Gasteiger charge is 1.91. The molecular weight excluding hydrogens is 188 g/mol. The molecular formula is C13H16O2. The summed E-state index contributed by atoms with van der Waals surface area (Å²) in [6.45, 7) is 3.08. The van der Waals surface area contributed by atoms with Crippen LogP contribution in [0, 0.1) is 0 Å². The molecule has 0 heterocycles. The first kappa shape index (κ1) is 11.7. The van der Waals surface area contributed by atoms with Crippen LogP contribution in [0.2, 0.25) is 0 Å². The molecule has 1 aromatic rings. The number of allylic oxidation sites excluding steroid dienone is 1. The summed E-state index contributed by atoms with van der Waals surface area (Å²) in [7, 11) is 0. The topological polar surface area (TPSA) is 26.3 Å². The van der Waals surface area contributed by atoms with Crippen LogP contribution in [-0.4, -0.2) is 12.9 Å². The first-order valence-electron chi connectivity index (χ1n) is 5.06. The van der Waals surface area contributed by atoms with Crippen LogP contribution in [0.25, 0.3) is 0 Å². The standard InChI is InChI=1S/C13H16O2/c1-12(10-14)6-5-9-15-11-13-7-3-2-4-8-13/h2-4,6-8,10H,5,9,11H2,1H3/b12-6+. The fourth-order valence-corrected chi connectivity index (χ4v) is 1.18. The van der Waals surface area contributed by atoms with E-state index >= 15 is 0 Å². The van der Waals surface area contributed by atoms with E-state index in [1.165, 1.54) is 5.56 Å². The molecule has 2 heteroatoms. The van der Waals surface area contributed by atoms with E-state index in [1.54, 1.807) is 6.92 Å². The third kappa shape index (κ3) is 5.13. The van der Waals surface area contributed by atoms with Gasteiger partial charge in [0.2, 0.25) is 0 Å². The van der Waals surface area contributed by atoms with Crippen molar-refractivity contribution in [3.63, 3.8) is 0 Å². The zero-order valence-corrected chi connectivity index (χ0v) is 8.98. The molecule has 0 aliphatic carbocycles. The Morgan fingerprint density at radius 3 is 2.73 bits per heavy atom. The van der Waals surface area contributed by atoms with Crippen molar-refractivity contribution in [2.45, 2.75) is 20.0 Å². The van der Waals surface area contributed by atoms with Crippen molar-refractivity contribution in [1.29, 1.82) is 0 Å². The molecule has 0 spiro atoms. The van der Waals surface area contributed by atoms with Crippen LogP contribution in [0.3, 0.4) is 0 Å². The predicted molar refractivity (Wildman–Crippen MR) is 60.5 cm³/mol. The lowest BCUT2D eigenvalue weighted by atomic mass is 10.2. The molecule has 0 radical (unpaired) electrons. The Balaban J connectivity index is 2.15. The van der Waals surface area contributed by atoms with Crippen LogP contribution in [0.15, 0.2) is 42.0 Å². The zero-order valence-electron chi connectivity index (χ0n) is 8.98. The van der Waals surface area contributed by atoms with E-state index in [1.807, 2.05) is 36.4 Å². The second-order valence-corrected chi connectivity index (χ2v) is 3.39. The van der Waals surface area contributed by atoms with Gasteiger partial charge in [-0.15, -0.1) is 0 Å². The second-order valence-electron chi connectivity index (χ2n) is 3.39. The van der Waals surface area contributed by atoms with Crippen molar-refractivity contribution in [2.24, 2.45) is 0 Å². The van der Waals surface area contributed by atoms with Crippen LogP contribution < -0.4 is 0 Å². The molecule has 0 saturated heterocycles. The second kappa shape index (κ2) is 6.96. The lowest BCUT2D eigenvalue weighted by Crippen LogP contribution is -1.94. The number of hydrogen-bond acceptors (Lipinski definition) is 2. The van der Waals surface area contributed by atoms with E-state index in [-0.39, 0.29) is 0 Å². The summed E-state index contributed by atoms with van der Waals surface area (Å²) in [5.41, 5.74) is 1.94. The molecule has 0 atom stereocenters. The maximum Gasteiger partial charge on any atom is 0.145 e. The van der Waals surface area contributed by atoms with Gasteiger partial charge in [0.1, 0.15) is 6.29 Å². The molecule has 0 fully saturated rings. The number of carbonyl (C=O) groups excluding carboxylic acids is 1. The van der Waals surface area contributed by atoms with Crippen molar-refractivity contribution < 1.29 is 9.53 Å². The van der Waals surface area contributed by atoms with Crippen LogP contribution in [0.1, 0.15) is 18.9 Å².